The van der Waals surface area contributed by atoms with Crippen LogP contribution < -0.4 is 5.32 Å². The molecular formula is C24H38N2O4S. The Morgan fingerprint density at radius 1 is 1.13 bits per heavy atom. The van der Waals surface area contributed by atoms with Crippen LogP contribution in [0.1, 0.15) is 67.7 Å². The van der Waals surface area contributed by atoms with Crippen molar-refractivity contribution in [3.05, 3.63) is 28.3 Å². The third-order valence-corrected chi connectivity index (χ3v) is 9.23. The SMILES string of the molecule is Cc1cc(C)c(C)c(S(=O)(=O)N2CCC(C(=O)NC(C)CCC3CCCO3)CC2)c1C. The minimum atomic E-state index is -3.57. The van der Waals surface area contributed by atoms with E-state index in [1.807, 2.05) is 40.7 Å². The van der Waals surface area contributed by atoms with Crippen molar-refractivity contribution in [3.8, 4) is 0 Å². The number of rotatable bonds is 7. The van der Waals surface area contributed by atoms with E-state index in [4.69, 9.17) is 4.74 Å². The number of carbonyl (C=O) groups is 1. The maximum absolute atomic E-state index is 13.4. The Balaban J connectivity index is 1.57. The van der Waals surface area contributed by atoms with Crippen LogP contribution >= 0.6 is 0 Å². The standard InChI is InChI=1S/C24H38N2O4S/c1-16-15-17(2)20(5)23(19(16)4)31(28,29)26-12-10-21(11-13-26)24(27)25-18(3)8-9-22-7-6-14-30-22/h15,18,21-22H,6-14H2,1-5H3,(H,25,27). The van der Waals surface area contributed by atoms with Gasteiger partial charge in [-0.3, -0.25) is 4.79 Å². The maximum Gasteiger partial charge on any atom is 0.243 e. The quantitative estimate of drug-likeness (QED) is 0.686. The van der Waals surface area contributed by atoms with E-state index < -0.39 is 10.0 Å². The van der Waals surface area contributed by atoms with Crippen LogP contribution in [-0.4, -0.2) is 50.5 Å². The van der Waals surface area contributed by atoms with Gasteiger partial charge in [-0.2, -0.15) is 4.31 Å². The summed E-state index contributed by atoms with van der Waals surface area (Å²) >= 11 is 0. The first-order chi connectivity index (χ1) is 14.6. The number of carbonyl (C=O) groups excluding carboxylic acids is 1. The summed E-state index contributed by atoms with van der Waals surface area (Å²) in [6.45, 7) is 11.3. The van der Waals surface area contributed by atoms with Gasteiger partial charge in [0.05, 0.1) is 11.0 Å². The van der Waals surface area contributed by atoms with E-state index in [2.05, 4.69) is 5.32 Å². The first kappa shape index (κ1) is 24.2. The highest BCUT2D eigenvalue weighted by Crippen LogP contribution is 2.31. The van der Waals surface area contributed by atoms with Gasteiger partial charge in [0.15, 0.2) is 0 Å². The van der Waals surface area contributed by atoms with Crippen LogP contribution in [0.5, 0.6) is 0 Å². The lowest BCUT2D eigenvalue weighted by molar-refractivity contribution is -0.126. The highest BCUT2D eigenvalue weighted by molar-refractivity contribution is 7.89. The summed E-state index contributed by atoms with van der Waals surface area (Å²) < 4.78 is 34.0. The molecule has 7 heteroatoms. The largest absolute Gasteiger partial charge is 0.378 e. The monoisotopic (exact) mass is 450 g/mol. The Bertz CT molecular complexity index is 872. The topological polar surface area (TPSA) is 75.7 Å². The highest BCUT2D eigenvalue weighted by Gasteiger charge is 2.34. The van der Waals surface area contributed by atoms with Gasteiger partial charge in [-0.1, -0.05) is 6.07 Å². The van der Waals surface area contributed by atoms with Crippen molar-refractivity contribution in [1.82, 2.24) is 9.62 Å². The molecule has 0 aliphatic carbocycles. The van der Waals surface area contributed by atoms with Crippen LogP contribution in [-0.2, 0) is 19.6 Å². The average molecular weight is 451 g/mol. The molecule has 2 saturated heterocycles. The molecule has 31 heavy (non-hydrogen) atoms. The predicted octanol–water partition coefficient (Wildman–Crippen LogP) is 3.78. The number of nitrogens with zero attached hydrogens (tertiary/aromatic N) is 1. The summed E-state index contributed by atoms with van der Waals surface area (Å²) in [5, 5.41) is 3.13. The molecule has 2 atom stereocenters. The number of hydrogen-bond acceptors (Lipinski definition) is 4. The second-order valence-electron chi connectivity index (χ2n) is 9.39. The van der Waals surface area contributed by atoms with E-state index in [0.29, 0.717) is 36.9 Å². The number of hydrogen-bond donors (Lipinski definition) is 1. The van der Waals surface area contributed by atoms with Gasteiger partial charge in [-0.05, 0) is 95.4 Å². The fraction of sp³-hybridized carbons (Fsp3) is 0.708. The fourth-order valence-electron chi connectivity index (χ4n) is 4.80. The summed E-state index contributed by atoms with van der Waals surface area (Å²) in [6, 6.07) is 2.15. The minimum absolute atomic E-state index is 0.0515. The Kier molecular flexibility index (Phi) is 7.81. The lowest BCUT2D eigenvalue weighted by atomic mass is 9.96. The molecule has 1 aromatic rings. The number of piperidine rings is 1. The molecule has 1 amide bonds. The number of benzene rings is 1. The zero-order chi connectivity index (χ0) is 22.8. The van der Waals surface area contributed by atoms with E-state index in [0.717, 1.165) is 54.5 Å². The van der Waals surface area contributed by atoms with Crippen LogP contribution in [0.4, 0.5) is 0 Å². The highest BCUT2D eigenvalue weighted by atomic mass is 32.2. The van der Waals surface area contributed by atoms with Crippen LogP contribution in [0.25, 0.3) is 0 Å². The summed E-state index contributed by atoms with van der Waals surface area (Å²) in [4.78, 5) is 13.2. The van der Waals surface area contributed by atoms with E-state index in [-0.39, 0.29) is 17.9 Å². The van der Waals surface area contributed by atoms with Crippen molar-refractivity contribution in [2.75, 3.05) is 19.7 Å². The molecule has 2 aliphatic rings. The van der Waals surface area contributed by atoms with E-state index in [1.54, 1.807) is 4.31 Å². The number of sulfonamides is 1. The lowest BCUT2D eigenvalue weighted by Gasteiger charge is -2.32. The van der Waals surface area contributed by atoms with Crippen LogP contribution in [0.3, 0.4) is 0 Å². The molecule has 3 rings (SSSR count). The van der Waals surface area contributed by atoms with Gasteiger partial charge in [0.2, 0.25) is 15.9 Å². The van der Waals surface area contributed by atoms with Crippen LogP contribution in [0.2, 0.25) is 0 Å². The summed E-state index contributed by atoms with van der Waals surface area (Å²) in [7, 11) is -3.57. The van der Waals surface area contributed by atoms with Crippen molar-refractivity contribution in [2.45, 2.75) is 90.2 Å². The summed E-state index contributed by atoms with van der Waals surface area (Å²) in [5.74, 6) is -0.0753. The van der Waals surface area contributed by atoms with Crippen molar-refractivity contribution in [1.29, 1.82) is 0 Å². The molecule has 2 unspecified atom stereocenters. The molecule has 0 bridgehead atoms. The maximum atomic E-state index is 13.4. The zero-order valence-electron chi connectivity index (χ0n) is 19.7. The number of aryl methyl sites for hydroxylation is 2. The minimum Gasteiger partial charge on any atom is -0.378 e. The molecule has 6 nitrogen and oxygen atoms in total. The lowest BCUT2D eigenvalue weighted by Crippen LogP contribution is -2.45. The molecule has 1 aromatic carbocycles. The molecule has 2 fully saturated rings. The van der Waals surface area contributed by atoms with Gasteiger partial charge >= 0.3 is 0 Å². The summed E-state index contributed by atoms with van der Waals surface area (Å²) in [5.41, 5.74) is 3.63. The molecule has 0 saturated carbocycles. The molecule has 0 radical (unpaired) electrons. The molecule has 2 aliphatic heterocycles. The van der Waals surface area contributed by atoms with Crippen LogP contribution in [0.15, 0.2) is 11.0 Å². The summed E-state index contributed by atoms with van der Waals surface area (Å²) in [6.07, 6.45) is 5.60. The van der Waals surface area contributed by atoms with Crippen molar-refractivity contribution in [2.24, 2.45) is 5.92 Å². The molecule has 0 aromatic heterocycles. The molecule has 0 spiro atoms. The van der Waals surface area contributed by atoms with Gasteiger partial charge in [0, 0.05) is 31.7 Å². The third-order valence-electron chi connectivity index (χ3n) is 7.05. The Hall–Kier alpha value is -1.44. The van der Waals surface area contributed by atoms with Crippen molar-refractivity contribution < 1.29 is 17.9 Å². The van der Waals surface area contributed by atoms with Crippen LogP contribution in [0, 0.1) is 33.6 Å². The van der Waals surface area contributed by atoms with Crippen molar-refractivity contribution in [3.63, 3.8) is 0 Å². The molecular weight excluding hydrogens is 412 g/mol. The number of amides is 1. The van der Waals surface area contributed by atoms with Crippen molar-refractivity contribution >= 4 is 15.9 Å². The first-order valence-electron chi connectivity index (χ1n) is 11.6. The molecule has 1 N–H and O–H groups in total. The Morgan fingerprint density at radius 3 is 2.29 bits per heavy atom. The third kappa shape index (κ3) is 5.49. The van der Waals surface area contributed by atoms with E-state index >= 15 is 0 Å². The zero-order valence-corrected chi connectivity index (χ0v) is 20.5. The number of ether oxygens (including phenoxy) is 1. The van der Waals surface area contributed by atoms with E-state index in [1.165, 1.54) is 0 Å². The van der Waals surface area contributed by atoms with Gasteiger partial charge in [-0.15, -0.1) is 0 Å². The predicted molar refractivity (Wildman–Crippen MR) is 123 cm³/mol. The van der Waals surface area contributed by atoms with Gasteiger partial charge in [0.1, 0.15) is 0 Å². The molecule has 174 valence electrons. The first-order valence-corrected chi connectivity index (χ1v) is 13.0. The fourth-order valence-corrected chi connectivity index (χ4v) is 6.84. The average Bonchev–Trinajstić information content (AvgIpc) is 3.24. The van der Waals surface area contributed by atoms with Gasteiger partial charge in [-0.25, -0.2) is 8.42 Å². The molecule has 2 heterocycles. The van der Waals surface area contributed by atoms with Gasteiger partial charge < -0.3 is 10.1 Å². The normalized spacial score (nSPS) is 21.9. The Labute approximate surface area is 187 Å². The second kappa shape index (κ2) is 10.0. The smallest absolute Gasteiger partial charge is 0.243 e. The number of nitrogens with one attached hydrogen (secondary N) is 1. The Morgan fingerprint density at radius 2 is 1.74 bits per heavy atom. The second-order valence-corrected chi connectivity index (χ2v) is 11.3. The van der Waals surface area contributed by atoms with E-state index in [9.17, 15) is 13.2 Å². The van der Waals surface area contributed by atoms with Gasteiger partial charge in [0.25, 0.3) is 0 Å².